The van der Waals surface area contributed by atoms with Crippen LogP contribution in [0.15, 0.2) is 78.9 Å². The Labute approximate surface area is 210 Å². The van der Waals surface area contributed by atoms with Crippen LogP contribution in [0.4, 0.5) is 5.69 Å². The largest absolute Gasteiger partial charge is 0.372 e. The summed E-state index contributed by atoms with van der Waals surface area (Å²) in [5.74, 6) is -1.28. The summed E-state index contributed by atoms with van der Waals surface area (Å²) in [7, 11) is 0. The van der Waals surface area contributed by atoms with Gasteiger partial charge in [0, 0.05) is 24.3 Å². The highest BCUT2D eigenvalue weighted by Gasteiger charge is 2.21. The molecule has 0 radical (unpaired) electrons. The number of hydrazine groups is 1. The molecule has 0 saturated heterocycles. The monoisotopic (exact) mass is 492 g/mol. The van der Waals surface area contributed by atoms with E-state index in [-0.39, 0.29) is 6.42 Å². The second-order valence-electron chi connectivity index (χ2n) is 7.84. The summed E-state index contributed by atoms with van der Waals surface area (Å²) in [5.41, 5.74) is 7.39. The molecule has 0 saturated carbocycles. The van der Waals surface area contributed by atoms with Crippen LogP contribution in [0.1, 0.15) is 52.6 Å². The lowest BCUT2D eigenvalue weighted by molar-refractivity contribution is -0.122. The van der Waals surface area contributed by atoms with Crippen molar-refractivity contribution in [3.63, 3.8) is 0 Å². The maximum absolute atomic E-state index is 12.8. The SMILES string of the molecule is CCN(CC)c1ccc(C(=O)NNC(=O)CC(NC(=O)c2ccccc2Cl)c2ccccc2)cc1. The lowest BCUT2D eigenvalue weighted by Crippen LogP contribution is -2.43. The van der Waals surface area contributed by atoms with Gasteiger partial charge in [-0.3, -0.25) is 25.2 Å². The van der Waals surface area contributed by atoms with E-state index in [1.165, 1.54) is 0 Å². The molecule has 0 heterocycles. The number of nitrogens with one attached hydrogen (secondary N) is 3. The van der Waals surface area contributed by atoms with Gasteiger partial charge in [-0.2, -0.15) is 0 Å². The number of carbonyl (C=O) groups is 3. The van der Waals surface area contributed by atoms with Gasteiger partial charge in [0.25, 0.3) is 11.8 Å². The van der Waals surface area contributed by atoms with Gasteiger partial charge in [0.1, 0.15) is 0 Å². The van der Waals surface area contributed by atoms with Gasteiger partial charge >= 0.3 is 0 Å². The third-order valence-electron chi connectivity index (χ3n) is 5.59. The van der Waals surface area contributed by atoms with Gasteiger partial charge in [-0.05, 0) is 55.8 Å². The average Bonchev–Trinajstić information content (AvgIpc) is 2.88. The minimum absolute atomic E-state index is 0.0820. The minimum Gasteiger partial charge on any atom is -0.372 e. The molecular formula is C27H29ClN4O3. The molecular weight excluding hydrogens is 464 g/mol. The Morgan fingerprint density at radius 1 is 0.800 bits per heavy atom. The Balaban J connectivity index is 1.63. The van der Waals surface area contributed by atoms with E-state index >= 15 is 0 Å². The van der Waals surface area contributed by atoms with Crippen LogP contribution in [0.2, 0.25) is 5.02 Å². The van der Waals surface area contributed by atoms with Gasteiger partial charge in [0.15, 0.2) is 0 Å². The van der Waals surface area contributed by atoms with Gasteiger partial charge < -0.3 is 10.2 Å². The van der Waals surface area contributed by atoms with E-state index in [2.05, 4.69) is 34.9 Å². The van der Waals surface area contributed by atoms with Crippen LogP contribution in [-0.4, -0.2) is 30.8 Å². The van der Waals surface area contributed by atoms with Crippen LogP contribution in [0.3, 0.4) is 0 Å². The van der Waals surface area contributed by atoms with E-state index in [4.69, 9.17) is 11.6 Å². The molecule has 0 bridgehead atoms. The molecule has 0 aliphatic carbocycles. The number of anilines is 1. The number of nitrogens with zero attached hydrogens (tertiary/aromatic N) is 1. The van der Waals surface area contributed by atoms with E-state index < -0.39 is 23.8 Å². The molecule has 1 unspecified atom stereocenters. The fourth-order valence-electron chi connectivity index (χ4n) is 3.67. The van der Waals surface area contributed by atoms with Crippen molar-refractivity contribution < 1.29 is 14.4 Å². The molecule has 7 nitrogen and oxygen atoms in total. The van der Waals surface area contributed by atoms with Crippen molar-refractivity contribution in [1.82, 2.24) is 16.2 Å². The topological polar surface area (TPSA) is 90.5 Å². The van der Waals surface area contributed by atoms with Gasteiger partial charge in [0.2, 0.25) is 5.91 Å². The maximum Gasteiger partial charge on any atom is 0.269 e. The molecule has 3 rings (SSSR count). The summed E-state index contributed by atoms with van der Waals surface area (Å²) in [5, 5.41) is 3.19. The molecule has 3 aromatic carbocycles. The zero-order valence-electron chi connectivity index (χ0n) is 19.8. The first-order valence-electron chi connectivity index (χ1n) is 11.5. The van der Waals surface area contributed by atoms with Gasteiger partial charge in [-0.15, -0.1) is 0 Å². The molecule has 0 aliphatic heterocycles. The third kappa shape index (κ3) is 7.07. The Morgan fingerprint density at radius 2 is 1.43 bits per heavy atom. The van der Waals surface area contributed by atoms with Crippen LogP contribution in [0, 0.1) is 0 Å². The Bertz CT molecular complexity index is 1150. The van der Waals surface area contributed by atoms with Crippen molar-refractivity contribution in [1.29, 1.82) is 0 Å². The summed E-state index contributed by atoms with van der Waals surface area (Å²) in [4.78, 5) is 40.1. The third-order valence-corrected chi connectivity index (χ3v) is 5.92. The van der Waals surface area contributed by atoms with Gasteiger partial charge in [0.05, 0.1) is 23.0 Å². The first-order chi connectivity index (χ1) is 16.9. The number of rotatable bonds is 9. The molecule has 1 atom stereocenters. The average molecular weight is 493 g/mol. The van der Waals surface area contributed by atoms with Crippen LogP contribution in [0.25, 0.3) is 0 Å². The van der Waals surface area contributed by atoms with Crippen molar-refractivity contribution in [3.8, 4) is 0 Å². The molecule has 0 aromatic heterocycles. The van der Waals surface area contributed by atoms with Gasteiger partial charge in [-0.1, -0.05) is 54.1 Å². The molecule has 182 valence electrons. The zero-order chi connectivity index (χ0) is 25.2. The summed E-state index contributed by atoms with van der Waals surface area (Å²) in [6.45, 7) is 5.87. The first-order valence-corrected chi connectivity index (χ1v) is 11.8. The Hall–Kier alpha value is -3.84. The van der Waals surface area contributed by atoms with E-state index in [0.717, 1.165) is 24.3 Å². The van der Waals surface area contributed by atoms with Crippen molar-refractivity contribution in [2.75, 3.05) is 18.0 Å². The normalized spacial score (nSPS) is 11.3. The van der Waals surface area contributed by atoms with Gasteiger partial charge in [-0.25, -0.2) is 0 Å². The zero-order valence-corrected chi connectivity index (χ0v) is 20.5. The Morgan fingerprint density at radius 3 is 2.06 bits per heavy atom. The quantitative estimate of drug-likeness (QED) is 0.383. The predicted molar refractivity (Wildman–Crippen MR) is 138 cm³/mol. The highest BCUT2D eigenvalue weighted by molar-refractivity contribution is 6.33. The predicted octanol–water partition coefficient (Wildman–Crippen LogP) is 4.51. The lowest BCUT2D eigenvalue weighted by atomic mass is 10.0. The molecule has 3 N–H and O–H groups in total. The highest BCUT2D eigenvalue weighted by Crippen LogP contribution is 2.20. The number of hydrogen-bond acceptors (Lipinski definition) is 4. The number of benzene rings is 3. The number of amides is 3. The van der Waals surface area contributed by atoms with Crippen molar-refractivity contribution >= 4 is 35.0 Å². The summed E-state index contributed by atoms with van der Waals surface area (Å²) >= 11 is 6.15. The molecule has 0 fully saturated rings. The van der Waals surface area contributed by atoms with Crippen LogP contribution >= 0.6 is 11.6 Å². The van der Waals surface area contributed by atoms with Crippen LogP contribution in [-0.2, 0) is 4.79 Å². The molecule has 0 spiro atoms. The summed E-state index contributed by atoms with van der Waals surface area (Å²) in [6, 6.07) is 22.4. The number of carbonyl (C=O) groups excluding carboxylic acids is 3. The van der Waals surface area contributed by atoms with E-state index in [1.807, 2.05) is 42.5 Å². The van der Waals surface area contributed by atoms with E-state index in [1.54, 1.807) is 36.4 Å². The highest BCUT2D eigenvalue weighted by atomic mass is 35.5. The molecule has 3 aromatic rings. The minimum atomic E-state index is -0.620. The standard InChI is InChI=1S/C27H29ClN4O3/c1-3-32(4-2)21-16-14-20(15-17-21)26(34)31-30-25(33)18-24(19-10-6-5-7-11-19)29-27(35)22-12-8-9-13-23(22)28/h5-17,24H,3-4,18H2,1-2H3,(H,29,35)(H,30,33)(H,31,34). The molecule has 0 aliphatic rings. The van der Waals surface area contributed by atoms with E-state index in [9.17, 15) is 14.4 Å². The first kappa shape index (κ1) is 25.8. The summed E-state index contributed by atoms with van der Waals surface area (Å²) < 4.78 is 0. The van der Waals surface area contributed by atoms with E-state index in [0.29, 0.717) is 16.1 Å². The fourth-order valence-corrected chi connectivity index (χ4v) is 3.89. The van der Waals surface area contributed by atoms with Crippen molar-refractivity contribution in [3.05, 3.63) is 101 Å². The fraction of sp³-hybridized carbons (Fsp3) is 0.222. The summed E-state index contributed by atoms with van der Waals surface area (Å²) in [6.07, 6.45) is -0.0820. The van der Waals surface area contributed by atoms with Crippen LogP contribution in [0.5, 0.6) is 0 Å². The smallest absolute Gasteiger partial charge is 0.269 e. The van der Waals surface area contributed by atoms with Crippen molar-refractivity contribution in [2.24, 2.45) is 0 Å². The lowest BCUT2D eigenvalue weighted by Gasteiger charge is -2.21. The molecule has 35 heavy (non-hydrogen) atoms. The second kappa shape index (κ2) is 12.6. The number of hydrogen-bond donors (Lipinski definition) is 3. The Kier molecular flexibility index (Phi) is 9.26. The van der Waals surface area contributed by atoms with Crippen molar-refractivity contribution in [2.45, 2.75) is 26.3 Å². The number of halogens is 1. The second-order valence-corrected chi connectivity index (χ2v) is 8.25. The molecule has 3 amide bonds. The van der Waals surface area contributed by atoms with Crippen LogP contribution < -0.4 is 21.1 Å². The maximum atomic E-state index is 12.8. The molecule has 8 heteroatoms.